The van der Waals surface area contributed by atoms with Gasteiger partial charge in [0.05, 0.1) is 6.04 Å². The van der Waals surface area contributed by atoms with Crippen LogP contribution in [0.25, 0.3) is 10.8 Å². The minimum atomic E-state index is -0.0668. The maximum absolute atomic E-state index is 12.5. The third-order valence-corrected chi connectivity index (χ3v) is 5.04. The molecule has 0 spiro atoms. The van der Waals surface area contributed by atoms with E-state index in [1.165, 1.54) is 5.39 Å². The van der Waals surface area contributed by atoms with Gasteiger partial charge in [0, 0.05) is 25.4 Å². The Bertz CT molecular complexity index is 766. The van der Waals surface area contributed by atoms with Gasteiger partial charge in [0.1, 0.15) is 0 Å². The Morgan fingerprint density at radius 1 is 1.12 bits per heavy atom. The zero-order chi connectivity index (χ0) is 17.8. The number of likely N-dealkylation sites (tertiary alicyclic amines) is 1. The van der Waals surface area contributed by atoms with Gasteiger partial charge in [0.2, 0.25) is 11.8 Å². The van der Waals surface area contributed by atoms with Crippen LogP contribution >= 0.6 is 0 Å². The van der Waals surface area contributed by atoms with E-state index in [1.807, 2.05) is 36.9 Å². The lowest BCUT2D eigenvalue weighted by Crippen LogP contribution is -2.44. The lowest BCUT2D eigenvalue weighted by molar-refractivity contribution is -0.136. The van der Waals surface area contributed by atoms with Crippen molar-refractivity contribution in [1.29, 1.82) is 0 Å². The molecule has 0 aromatic heterocycles. The van der Waals surface area contributed by atoms with Crippen molar-refractivity contribution in [2.24, 2.45) is 0 Å². The first-order valence-corrected chi connectivity index (χ1v) is 9.13. The second kappa shape index (κ2) is 7.68. The van der Waals surface area contributed by atoms with Crippen LogP contribution in [0.4, 0.5) is 0 Å². The van der Waals surface area contributed by atoms with E-state index in [4.69, 9.17) is 0 Å². The Labute approximate surface area is 149 Å². The van der Waals surface area contributed by atoms with E-state index in [9.17, 15) is 9.59 Å². The molecule has 0 unspecified atom stereocenters. The molecule has 1 aliphatic rings. The van der Waals surface area contributed by atoms with Gasteiger partial charge < -0.3 is 10.2 Å². The zero-order valence-electron chi connectivity index (χ0n) is 15.0. The van der Waals surface area contributed by atoms with Gasteiger partial charge in [0.15, 0.2) is 0 Å². The molecule has 1 fully saturated rings. The number of hydrogen-bond acceptors (Lipinski definition) is 2. The molecule has 0 aliphatic carbocycles. The number of rotatable bonds is 5. The number of amides is 2. The Kier molecular flexibility index (Phi) is 5.37. The minimum absolute atomic E-state index is 0.00805. The topological polar surface area (TPSA) is 49.4 Å². The molecule has 3 rings (SSSR count). The van der Waals surface area contributed by atoms with E-state index in [2.05, 4.69) is 29.6 Å². The maximum atomic E-state index is 12.5. The molecule has 4 heteroatoms. The average Bonchev–Trinajstić information content (AvgIpc) is 2.61. The van der Waals surface area contributed by atoms with Gasteiger partial charge in [-0.05, 0) is 43.0 Å². The first-order valence-electron chi connectivity index (χ1n) is 9.13. The molecular weight excluding hydrogens is 312 g/mol. The Balaban J connectivity index is 1.65. The van der Waals surface area contributed by atoms with Gasteiger partial charge in [-0.25, -0.2) is 0 Å². The van der Waals surface area contributed by atoms with E-state index in [1.54, 1.807) is 0 Å². The van der Waals surface area contributed by atoms with Gasteiger partial charge in [-0.3, -0.25) is 9.59 Å². The molecule has 1 heterocycles. The lowest BCUT2D eigenvalue weighted by Gasteiger charge is -2.32. The summed E-state index contributed by atoms with van der Waals surface area (Å²) in [6, 6.07) is 14.3. The summed E-state index contributed by atoms with van der Waals surface area (Å²) in [5.41, 5.74) is 1.12. The quantitative estimate of drug-likeness (QED) is 0.901. The Hall–Kier alpha value is -2.36. The van der Waals surface area contributed by atoms with Crippen molar-refractivity contribution in [3.8, 4) is 0 Å². The molecule has 0 bridgehead atoms. The molecule has 4 nitrogen and oxygen atoms in total. The second-order valence-corrected chi connectivity index (χ2v) is 6.95. The molecule has 0 radical (unpaired) electrons. The summed E-state index contributed by atoms with van der Waals surface area (Å²) in [4.78, 5) is 26.3. The van der Waals surface area contributed by atoms with Crippen molar-refractivity contribution in [2.45, 2.75) is 51.6 Å². The summed E-state index contributed by atoms with van der Waals surface area (Å²) < 4.78 is 0. The zero-order valence-corrected chi connectivity index (χ0v) is 15.0. The molecule has 2 atom stereocenters. The van der Waals surface area contributed by atoms with Crippen LogP contribution in [0.1, 0.15) is 51.1 Å². The third kappa shape index (κ3) is 4.01. The number of nitrogens with zero attached hydrogens (tertiary/aromatic N) is 1. The van der Waals surface area contributed by atoms with Crippen LogP contribution < -0.4 is 5.32 Å². The van der Waals surface area contributed by atoms with Crippen molar-refractivity contribution in [2.75, 3.05) is 6.54 Å². The van der Waals surface area contributed by atoms with Crippen LogP contribution in [0, 0.1) is 0 Å². The molecule has 132 valence electrons. The lowest BCUT2D eigenvalue weighted by atomic mass is 9.99. The summed E-state index contributed by atoms with van der Waals surface area (Å²) in [5.74, 6) is 0.167. The number of carbonyl (C=O) groups is 2. The van der Waals surface area contributed by atoms with Gasteiger partial charge in [-0.2, -0.15) is 0 Å². The highest BCUT2D eigenvalue weighted by molar-refractivity contribution is 5.87. The minimum Gasteiger partial charge on any atom is -0.349 e. The molecule has 2 aromatic rings. The third-order valence-electron chi connectivity index (χ3n) is 5.04. The maximum Gasteiger partial charge on any atom is 0.222 e. The molecule has 0 saturated carbocycles. The highest BCUT2D eigenvalue weighted by Gasteiger charge is 2.25. The van der Waals surface area contributed by atoms with Crippen molar-refractivity contribution >= 4 is 22.6 Å². The molecule has 1 aliphatic heterocycles. The fourth-order valence-electron chi connectivity index (χ4n) is 3.68. The Morgan fingerprint density at radius 3 is 2.68 bits per heavy atom. The van der Waals surface area contributed by atoms with Crippen LogP contribution in [-0.4, -0.2) is 29.3 Å². The standard InChI is InChI=1S/C21H26N2O2/c1-15(23-13-6-5-12-21(23)25)14-20(24)22-16(2)18-11-7-9-17-8-3-4-10-19(17)18/h3-4,7-11,15-16H,5-6,12-14H2,1-2H3,(H,22,24)/t15-,16+/m0/s1. The van der Waals surface area contributed by atoms with Gasteiger partial charge in [-0.1, -0.05) is 42.5 Å². The van der Waals surface area contributed by atoms with Crippen molar-refractivity contribution in [3.05, 3.63) is 48.0 Å². The number of fused-ring (bicyclic) bond motifs is 1. The highest BCUT2D eigenvalue weighted by atomic mass is 16.2. The summed E-state index contributed by atoms with van der Waals surface area (Å²) in [6.45, 7) is 4.74. The fraction of sp³-hybridized carbons (Fsp3) is 0.429. The van der Waals surface area contributed by atoms with E-state index in [-0.39, 0.29) is 23.9 Å². The Morgan fingerprint density at radius 2 is 1.88 bits per heavy atom. The van der Waals surface area contributed by atoms with E-state index in [0.717, 1.165) is 30.3 Å². The normalized spacial score (nSPS) is 17.4. The summed E-state index contributed by atoms with van der Waals surface area (Å²) in [5, 5.41) is 5.43. The monoisotopic (exact) mass is 338 g/mol. The van der Waals surface area contributed by atoms with Crippen LogP contribution in [0.5, 0.6) is 0 Å². The van der Waals surface area contributed by atoms with Gasteiger partial charge >= 0.3 is 0 Å². The van der Waals surface area contributed by atoms with Gasteiger partial charge in [0.25, 0.3) is 0 Å². The predicted octanol–water partition coefficient (Wildman–Crippen LogP) is 3.81. The van der Waals surface area contributed by atoms with Crippen LogP contribution in [0.15, 0.2) is 42.5 Å². The van der Waals surface area contributed by atoms with Crippen LogP contribution in [0.3, 0.4) is 0 Å². The highest BCUT2D eigenvalue weighted by Crippen LogP contribution is 2.24. The fourth-order valence-corrected chi connectivity index (χ4v) is 3.68. The number of hydrogen-bond donors (Lipinski definition) is 1. The van der Waals surface area contributed by atoms with Crippen molar-refractivity contribution in [1.82, 2.24) is 10.2 Å². The summed E-state index contributed by atoms with van der Waals surface area (Å²) in [7, 11) is 0. The molecule has 1 N–H and O–H groups in total. The summed E-state index contributed by atoms with van der Waals surface area (Å²) >= 11 is 0. The number of carbonyl (C=O) groups excluding carboxylic acids is 2. The van der Waals surface area contributed by atoms with E-state index in [0.29, 0.717) is 12.8 Å². The SMILES string of the molecule is C[C@@H](NC(=O)C[C@H](C)N1CCCCC1=O)c1cccc2ccccc12. The average molecular weight is 338 g/mol. The first-order chi connectivity index (χ1) is 12.1. The first kappa shape index (κ1) is 17.5. The number of benzene rings is 2. The molecular formula is C21H26N2O2. The molecule has 2 amide bonds. The van der Waals surface area contributed by atoms with Crippen molar-refractivity contribution in [3.63, 3.8) is 0 Å². The molecule has 25 heavy (non-hydrogen) atoms. The predicted molar refractivity (Wildman–Crippen MR) is 100 cm³/mol. The van der Waals surface area contributed by atoms with Gasteiger partial charge in [-0.15, -0.1) is 0 Å². The van der Waals surface area contributed by atoms with Crippen LogP contribution in [0.2, 0.25) is 0 Å². The van der Waals surface area contributed by atoms with Crippen LogP contribution in [-0.2, 0) is 9.59 Å². The molecule has 2 aromatic carbocycles. The van der Waals surface area contributed by atoms with Crippen molar-refractivity contribution < 1.29 is 9.59 Å². The number of piperidine rings is 1. The van der Waals surface area contributed by atoms with E-state index < -0.39 is 0 Å². The van der Waals surface area contributed by atoms with E-state index >= 15 is 0 Å². The largest absolute Gasteiger partial charge is 0.349 e. The second-order valence-electron chi connectivity index (χ2n) is 6.95. The molecule has 1 saturated heterocycles. The summed E-state index contributed by atoms with van der Waals surface area (Å²) in [6.07, 6.45) is 2.95. The number of nitrogens with one attached hydrogen (secondary N) is 1. The smallest absolute Gasteiger partial charge is 0.222 e.